The number of carboxylic acids is 1. The largest absolute Gasteiger partial charge is 0.481 e. The Bertz CT molecular complexity index is 928. The van der Waals surface area contributed by atoms with E-state index < -0.39 is 17.8 Å². The van der Waals surface area contributed by atoms with Crippen molar-refractivity contribution >= 4 is 55.9 Å². The van der Waals surface area contributed by atoms with Gasteiger partial charge in [-0.2, -0.15) is 0 Å². The summed E-state index contributed by atoms with van der Waals surface area (Å²) in [6.07, 6.45) is 3.18. The van der Waals surface area contributed by atoms with E-state index in [0.29, 0.717) is 9.48 Å². The number of Topliss-reactive ketones (excluding diaryl/α,β-unsaturated/α-hetero) is 1. The molecule has 2 amide bonds. The number of hydrogen-bond donors (Lipinski definition) is 3. The topological polar surface area (TPSA) is 108 Å². The first kappa shape index (κ1) is 20.4. The molecule has 3 N–H and O–H groups in total. The van der Waals surface area contributed by atoms with Gasteiger partial charge in [-0.15, -0.1) is 0 Å². The van der Waals surface area contributed by atoms with Gasteiger partial charge in [0, 0.05) is 11.5 Å². The van der Waals surface area contributed by atoms with Gasteiger partial charge in [0.2, 0.25) is 0 Å². The molecule has 1 aromatic heterocycles. The molecule has 0 atom stereocenters. The van der Waals surface area contributed by atoms with Gasteiger partial charge in [-0.05, 0) is 47.0 Å². The number of halogens is 2. The average Bonchev–Trinajstić information content (AvgIpc) is 3.26. The Morgan fingerprint density at radius 1 is 1.25 bits per heavy atom. The van der Waals surface area contributed by atoms with Gasteiger partial charge in [0.1, 0.15) is 5.82 Å². The fraction of sp³-hybridized carbons (Fsp3) is 0.333. The van der Waals surface area contributed by atoms with Gasteiger partial charge in [-0.1, -0.05) is 24.2 Å². The maximum Gasteiger partial charge on any atom is 0.325 e. The lowest BCUT2D eigenvalue weighted by Crippen LogP contribution is -2.22. The lowest BCUT2D eigenvalue weighted by atomic mass is 9.95. The van der Waals surface area contributed by atoms with Gasteiger partial charge in [-0.3, -0.25) is 14.9 Å². The molecule has 1 fully saturated rings. The summed E-state index contributed by atoms with van der Waals surface area (Å²) in [7, 11) is 0. The first-order valence-electron chi connectivity index (χ1n) is 8.62. The van der Waals surface area contributed by atoms with Crippen molar-refractivity contribution in [1.82, 2.24) is 4.98 Å². The number of nitrogens with one attached hydrogen (secondary N) is 2. The van der Waals surface area contributed by atoms with Crippen molar-refractivity contribution in [2.24, 2.45) is 5.92 Å². The van der Waals surface area contributed by atoms with Crippen LogP contribution in [0.3, 0.4) is 0 Å². The minimum atomic E-state index is -1.04. The number of aromatic nitrogens is 1. The molecule has 7 nitrogen and oxygen atoms in total. The highest BCUT2D eigenvalue weighted by Crippen LogP contribution is 2.31. The number of nitrogens with zero attached hydrogens (tertiary/aromatic N) is 1. The third-order valence-corrected chi connectivity index (χ3v) is 6.15. The van der Waals surface area contributed by atoms with Crippen LogP contribution in [0.5, 0.6) is 0 Å². The van der Waals surface area contributed by atoms with Crippen LogP contribution in [-0.2, 0) is 11.2 Å². The number of amides is 2. The monoisotopic (exact) mass is 469 g/mol. The van der Waals surface area contributed by atoms with Gasteiger partial charge in [0.25, 0.3) is 0 Å². The number of carboxylic acid groups (broad SMARTS) is 1. The highest BCUT2D eigenvalue weighted by Gasteiger charge is 2.26. The molecule has 0 saturated heterocycles. The van der Waals surface area contributed by atoms with Crippen LogP contribution in [0, 0.1) is 11.7 Å². The number of ketones is 1. The van der Waals surface area contributed by atoms with Crippen LogP contribution in [0.1, 0.15) is 41.7 Å². The maximum absolute atomic E-state index is 13.7. The number of thiazole rings is 1. The summed E-state index contributed by atoms with van der Waals surface area (Å²) in [5.74, 6) is -1.91. The Kier molecular flexibility index (Phi) is 6.40. The molecule has 0 unspecified atom stereocenters. The summed E-state index contributed by atoms with van der Waals surface area (Å²) in [6, 6.07) is 3.01. The molecule has 0 bridgehead atoms. The molecule has 1 heterocycles. The zero-order valence-corrected chi connectivity index (χ0v) is 17.0. The molecule has 1 saturated carbocycles. The minimum absolute atomic E-state index is 0.147. The molecular formula is C18H17BrFN3O4S. The van der Waals surface area contributed by atoms with Gasteiger partial charge < -0.3 is 10.4 Å². The lowest BCUT2D eigenvalue weighted by molar-refractivity contribution is -0.136. The second kappa shape index (κ2) is 8.78. The smallest absolute Gasteiger partial charge is 0.325 e. The lowest BCUT2D eigenvalue weighted by Gasteiger charge is -2.14. The predicted octanol–water partition coefficient (Wildman–Crippen LogP) is 4.69. The number of anilines is 2. The van der Waals surface area contributed by atoms with Crippen molar-refractivity contribution in [2.75, 3.05) is 10.6 Å². The molecule has 1 aromatic carbocycles. The molecule has 148 valence electrons. The van der Waals surface area contributed by atoms with E-state index in [9.17, 15) is 18.8 Å². The van der Waals surface area contributed by atoms with Crippen LogP contribution in [0.15, 0.2) is 22.0 Å². The van der Waals surface area contributed by atoms with Crippen LogP contribution < -0.4 is 10.6 Å². The van der Waals surface area contributed by atoms with Gasteiger partial charge in [0.05, 0.1) is 21.6 Å². The molecule has 1 aliphatic carbocycles. The van der Waals surface area contributed by atoms with Crippen molar-refractivity contribution in [1.29, 1.82) is 0 Å². The summed E-state index contributed by atoms with van der Waals surface area (Å²) in [5, 5.41) is 14.1. The van der Waals surface area contributed by atoms with Crippen LogP contribution in [0.4, 0.5) is 20.0 Å². The first-order valence-corrected chi connectivity index (χ1v) is 10.2. The molecular weight excluding hydrogens is 453 g/mol. The Hall–Kier alpha value is -2.33. The second-order valence-corrected chi connectivity index (χ2v) is 8.74. The van der Waals surface area contributed by atoms with Crippen LogP contribution in [0.25, 0.3) is 0 Å². The van der Waals surface area contributed by atoms with Gasteiger partial charge >= 0.3 is 12.0 Å². The number of rotatable bonds is 6. The Balaban J connectivity index is 1.73. The number of carbonyl (C=O) groups is 3. The van der Waals surface area contributed by atoms with Crippen LogP contribution in [0.2, 0.25) is 0 Å². The highest BCUT2D eigenvalue weighted by molar-refractivity contribution is 9.11. The standard InChI is InChI=1S/C18H17BrFN3O4S/c19-16-13(8-14(24)25)22-18(28-16)23-17(27)21-12-6-5-10(20)7-11(12)15(26)9-3-1-2-4-9/h5-7,9H,1-4,8H2,(H,24,25)(H2,21,22,23,27). The van der Waals surface area contributed by atoms with E-state index in [-0.39, 0.29) is 34.5 Å². The van der Waals surface area contributed by atoms with E-state index in [1.807, 2.05) is 0 Å². The first-order chi connectivity index (χ1) is 13.3. The zero-order valence-electron chi connectivity index (χ0n) is 14.6. The highest BCUT2D eigenvalue weighted by atomic mass is 79.9. The zero-order chi connectivity index (χ0) is 20.3. The molecule has 10 heteroatoms. The van der Waals surface area contributed by atoms with E-state index in [0.717, 1.165) is 43.1 Å². The molecule has 0 radical (unpaired) electrons. The number of urea groups is 1. The molecule has 1 aliphatic rings. The Labute approximate surface area is 172 Å². The van der Waals surface area contributed by atoms with E-state index in [4.69, 9.17) is 5.11 Å². The summed E-state index contributed by atoms with van der Waals surface area (Å²) in [5.41, 5.74) is 0.665. The SMILES string of the molecule is O=C(O)Cc1nc(NC(=O)Nc2ccc(F)cc2C(=O)C2CCCC2)sc1Br. The van der Waals surface area contributed by atoms with Crippen molar-refractivity contribution in [2.45, 2.75) is 32.1 Å². The Morgan fingerprint density at radius 2 is 1.96 bits per heavy atom. The van der Waals surface area contributed by atoms with Crippen molar-refractivity contribution in [3.63, 3.8) is 0 Å². The van der Waals surface area contributed by atoms with Crippen molar-refractivity contribution in [3.05, 3.63) is 39.1 Å². The van der Waals surface area contributed by atoms with Gasteiger partial charge in [0.15, 0.2) is 10.9 Å². The predicted molar refractivity (Wildman–Crippen MR) is 106 cm³/mol. The molecule has 2 aromatic rings. The van der Waals surface area contributed by atoms with E-state index >= 15 is 0 Å². The number of aliphatic carboxylic acids is 1. The molecule has 0 spiro atoms. The van der Waals surface area contributed by atoms with Crippen LogP contribution >= 0.6 is 27.3 Å². The van der Waals surface area contributed by atoms with Crippen LogP contribution in [-0.4, -0.2) is 27.9 Å². The second-order valence-electron chi connectivity index (χ2n) is 6.42. The molecule has 0 aliphatic heterocycles. The normalized spacial score (nSPS) is 14.1. The number of carbonyl (C=O) groups excluding carboxylic acids is 2. The summed E-state index contributed by atoms with van der Waals surface area (Å²) in [6.45, 7) is 0. The molecule has 28 heavy (non-hydrogen) atoms. The maximum atomic E-state index is 13.7. The van der Waals surface area contributed by atoms with E-state index in [2.05, 4.69) is 31.5 Å². The number of hydrogen-bond acceptors (Lipinski definition) is 5. The molecule has 3 rings (SSSR count). The van der Waals surface area contributed by atoms with Crippen molar-refractivity contribution < 1.29 is 23.9 Å². The third kappa shape index (κ3) is 4.93. The quantitative estimate of drug-likeness (QED) is 0.531. The van der Waals surface area contributed by atoms with E-state index in [1.165, 1.54) is 12.1 Å². The third-order valence-electron chi connectivity index (χ3n) is 4.41. The summed E-state index contributed by atoms with van der Waals surface area (Å²) < 4.78 is 14.2. The summed E-state index contributed by atoms with van der Waals surface area (Å²) in [4.78, 5) is 39.9. The minimum Gasteiger partial charge on any atom is -0.481 e. The van der Waals surface area contributed by atoms with E-state index in [1.54, 1.807) is 0 Å². The number of benzene rings is 1. The van der Waals surface area contributed by atoms with Gasteiger partial charge in [-0.25, -0.2) is 14.2 Å². The Morgan fingerprint density at radius 3 is 2.64 bits per heavy atom. The van der Waals surface area contributed by atoms with Crippen molar-refractivity contribution in [3.8, 4) is 0 Å². The average molecular weight is 470 g/mol. The fourth-order valence-corrected chi connectivity index (χ4v) is 4.52. The fourth-order valence-electron chi connectivity index (χ4n) is 3.13. The summed E-state index contributed by atoms with van der Waals surface area (Å²) >= 11 is 4.29.